The number of fused-ring (bicyclic) bond motifs is 1. The molecule has 39 heavy (non-hydrogen) atoms. The first kappa shape index (κ1) is 27.1. The quantitative estimate of drug-likeness (QED) is 0.457. The minimum Gasteiger partial charge on any atom is -0.476 e. The number of piperidine rings is 1. The Morgan fingerprint density at radius 3 is 2.59 bits per heavy atom. The average Bonchev–Trinajstić information content (AvgIpc) is 3.30. The lowest BCUT2D eigenvalue weighted by molar-refractivity contribution is -0.126. The normalized spacial score (nSPS) is 20.8. The standard InChI is InChI=1S/C29H39N7O3/c1-20(2)32-27(37)21-6-8-23(9-7-21)36-25-18-26(39-17-16-35-14-4-3-5-15-35)31-19-24(25)33-29(36)34-28(38)22-10-12-30-13-11-22/h10-13,18-21,23H,3-9,14-17H2,1-2H3,(H,32,37)(H,33,34,38). The van der Waals surface area contributed by atoms with Crippen LogP contribution in [0.15, 0.2) is 41.8 Å². The van der Waals surface area contributed by atoms with E-state index in [0.29, 0.717) is 23.7 Å². The first-order valence-electron chi connectivity index (χ1n) is 14.2. The summed E-state index contributed by atoms with van der Waals surface area (Å²) in [7, 11) is 0. The number of ether oxygens (including phenoxy) is 1. The second kappa shape index (κ2) is 12.5. The molecule has 1 aliphatic heterocycles. The number of pyridine rings is 2. The van der Waals surface area contributed by atoms with E-state index in [2.05, 4.69) is 34.7 Å². The summed E-state index contributed by atoms with van der Waals surface area (Å²) in [5, 5.41) is 3.05. The van der Waals surface area contributed by atoms with Gasteiger partial charge in [-0.15, -0.1) is 0 Å². The molecule has 1 saturated heterocycles. The van der Waals surface area contributed by atoms with Crippen LogP contribution in [0.4, 0.5) is 0 Å². The van der Waals surface area contributed by atoms with Crippen LogP contribution in [0.25, 0.3) is 11.0 Å². The second-order valence-electron chi connectivity index (χ2n) is 10.9. The van der Waals surface area contributed by atoms with Crippen molar-refractivity contribution < 1.29 is 14.3 Å². The highest BCUT2D eigenvalue weighted by molar-refractivity contribution is 5.94. The second-order valence-corrected chi connectivity index (χ2v) is 10.9. The Kier molecular flexibility index (Phi) is 8.71. The van der Waals surface area contributed by atoms with Crippen molar-refractivity contribution in [2.75, 3.05) is 26.2 Å². The molecule has 2 fully saturated rings. The number of hydrogen-bond donors (Lipinski definition) is 2. The molecular weight excluding hydrogens is 494 g/mol. The van der Waals surface area contributed by atoms with Crippen molar-refractivity contribution in [2.45, 2.75) is 70.9 Å². The van der Waals surface area contributed by atoms with E-state index < -0.39 is 0 Å². The van der Waals surface area contributed by atoms with Crippen LogP contribution >= 0.6 is 0 Å². The van der Waals surface area contributed by atoms with E-state index in [4.69, 9.17) is 4.74 Å². The van der Waals surface area contributed by atoms with Gasteiger partial charge in [0.2, 0.25) is 17.4 Å². The first-order valence-corrected chi connectivity index (χ1v) is 14.2. The topological polar surface area (TPSA) is 117 Å². The number of nitrogens with zero attached hydrogens (tertiary/aromatic N) is 5. The van der Waals surface area contributed by atoms with Gasteiger partial charge < -0.3 is 19.6 Å². The highest BCUT2D eigenvalue weighted by atomic mass is 16.5. The van der Waals surface area contributed by atoms with E-state index in [0.717, 1.165) is 56.4 Å². The van der Waals surface area contributed by atoms with E-state index in [1.54, 1.807) is 30.7 Å². The van der Waals surface area contributed by atoms with E-state index in [9.17, 15) is 9.59 Å². The number of nitrogens with one attached hydrogen (secondary N) is 2. The molecule has 3 aromatic rings. The van der Waals surface area contributed by atoms with Gasteiger partial charge in [0.25, 0.3) is 5.91 Å². The maximum Gasteiger partial charge on any atom is 0.280 e. The lowest BCUT2D eigenvalue weighted by Crippen LogP contribution is -2.38. The monoisotopic (exact) mass is 533 g/mol. The van der Waals surface area contributed by atoms with Gasteiger partial charge in [0.1, 0.15) is 6.61 Å². The molecule has 2 N–H and O–H groups in total. The van der Waals surface area contributed by atoms with E-state index in [1.165, 1.54) is 19.3 Å². The zero-order valence-corrected chi connectivity index (χ0v) is 22.9. The van der Waals surface area contributed by atoms with Crippen LogP contribution in [0.5, 0.6) is 5.88 Å². The highest BCUT2D eigenvalue weighted by Crippen LogP contribution is 2.33. The Morgan fingerprint density at radius 1 is 1.13 bits per heavy atom. The van der Waals surface area contributed by atoms with Crippen LogP contribution in [0, 0.1) is 5.92 Å². The van der Waals surface area contributed by atoms with E-state index >= 15 is 0 Å². The smallest absolute Gasteiger partial charge is 0.280 e. The third-order valence-electron chi connectivity index (χ3n) is 7.70. The molecule has 208 valence electrons. The van der Waals surface area contributed by atoms with Crippen LogP contribution in [-0.2, 0) is 4.79 Å². The molecule has 5 rings (SSSR count). The van der Waals surface area contributed by atoms with Crippen LogP contribution in [0.3, 0.4) is 0 Å². The van der Waals surface area contributed by atoms with Gasteiger partial charge >= 0.3 is 0 Å². The fraction of sp³-hybridized carbons (Fsp3) is 0.552. The predicted octanol–water partition coefficient (Wildman–Crippen LogP) is 3.62. The summed E-state index contributed by atoms with van der Waals surface area (Å²) in [6.07, 6.45) is 11.9. The van der Waals surface area contributed by atoms with E-state index in [1.807, 2.05) is 19.9 Å². The van der Waals surface area contributed by atoms with Gasteiger partial charge in [-0.1, -0.05) is 6.42 Å². The van der Waals surface area contributed by atoms with Gasteiger partial charge in [0, 0.05) is 48.6 Å². The number of carbonyl (C=O) groups excluding carboxylic acids is 2. The Hall–Kier alpha value is -3.53. The molecule has 0 spiro atoms. The summed E-state index contributed by atoms with van der Waals surface area (Å²) in [4.78, 5) is 44.4. The zero-order chi connectivity index (χ0) is 27.2. The molecule has 1 saturated carbocycles. The van der Waals surface area contributed by atoms with Crippen molar-refractivity contribution >= 4 is 22.8 Å². The van der Waals surface area contributed by atoms with Gasteiger partial charge in [-0.25, -0.2) is 4.98 Å². The molecule has 2 amide bonds. The minimum atomic E-state index is -0.339. The summed E-state index contributed by atoms with van der Waals surface area (Å²) < 4.78 is 8.17. The van der Waals surface area contributed by atoms with Gasteiger partial charge in [-0.3, -0.25) is 19.5 Å². The molecule has 2 aliphatic rings. The Morgan fingerprint density at radius 2 is 1.87 bits per heavy atom. The number of carbonyl (C=O) groups is 2. The Balaban J connectivity index is 1.41. The van der Waals surface area contributed by atoms with Crippen molar-refractivity contribution in [3.05, 3.63) is 48.0 Å². The van der Waals surface area contributed by atoms with Crippen LogP contribution < -0.4 is 15.7 Å². The molecule has 0 aromatic carbocycles. The molecular formula is C29H39N7O3. The van der Waals surface area contributed by atoms with Crippen molar-refractivity contribution in [1.82, 2.24) is 29.7 Å². The number of amides is 2. The molecule has 1 aliphatic carbocycles. The van der Waals surface area contributed by atoms with Crippen molar-refractivity contribution in [3.8, 4) is 5.88 Å². The minimum absolute atomic E-state index is 0.00337. The van der Waals surface area contributed by atoms with Crippen molar-refractivity contribution in [3.63, 3.8) is 0 Å². The molecule has 4 heterocycles. The highest BCUT2D eigenvalue weighted by Gasteiger charge is 2.29. The zero-order valence-electron chi connectivity index (χ0n) is 22.9. The number of aromatic amines is 1. The summed E-state index contributed by atoms with van der Waals surface area (Å²) in [6.45, 7) is 7.69. The number of rotatable bonds is 8. The number of likely N-dealkylation sites (tertiary alicyclic amines) is 1. The van der Waals surface area contributed by atoms with Gasteiger partial charge in [-0.05, 0) is 77.6 Å². The largest absolute Gasteiger partial charge is 0.476 e. The van der Waals surface area contributed by atoms with Gasteiger partial charge in [-0.2, -0.15) is 4.99 Å². The fourth-order valence-corrected chi connectivity index (χ4v) is 5.66. The van der Waals surface area contributed by atoms with Crippen LogP contribution in [-0.4, -0.2) is 68.5 Å². The van der Waals surface area contributed by atoms with Crippen molar-refractivity contribution in [1.29, 1.82) is 0 Å². The number of imidazole rings is 1. The van der Waals surface area contributed by atoms with Crippen molar-refractivity contribution in [2.24, 2.45) is 10.9 Å². The van der Waals surface area contributed by atoms with Crippen LogP contribution in [0.1, 0.15) is 75.2 Å². The molecule has 10 nitrogen and oxygen atoms in total. The maximum absolute atomic E-state index is 13.0. The third-order valence-corrected chi connectivity index (χ3v) is 7.70. The van der Waals surface area contributed by atoms with E-state index in [-0.39, 0.29) is 29.8 Å². The lowest BCUT2D eigenvalue weighted by Gasteiger charge is -2.29. The predicted molar refractivity (Wildman–Crippen MR) is 148 cm³/mol. The summed E-state index contributed by atoms with van der Waals surface area (Å²) >= 11 is 0. The summed E-state index contributed by atoms with van der Waals surface area (Å²) in [5.41, 5.74) is 2.65. The number of hydrogen-bond acceptors (Lipinski definition) is 6. The van der Waals surface area contributed by atoms with Gasteiger partial charge in [0.15, 0.2) is 0 Å². The molecule has 0 atom stereocenters. The molecule has 0 bridgehead atoms. The molecule has 0 radical (unpaired) electrons. The fourth-order valence-electron chi connectivity index (χ4n) is 5.66. The Labute approximate surface area is 228 Å². The average molecular weight is 534 g/mol. The first-order chi connectivity index (χ1) is 19.0. The molecule has 0 unspecified atom stereocenters. The maximum atomic E-state index is 13.0. The molecule has 10 heteroatoms. The van der Waals surface area contributed by atoms with Gasteiger partial charge in [0.05, 0.1) is 17.2 Å². The number of H-pyrrole nitrogens is 1. The lowest BCUT2D eigenvalue weighted by atomic mass is 9.85. The third kappa shape index (κ3) is 6.73. The number of aromatic nitrogens is 4. The summed E-state index contributed by atoms with van der Waals surface area (Å²) in [5.74, 6) is 0.348. The SMILES string of the molecule is CC(C)NC(=O)C1CCC(n2/c(=N/C(=O)c3ccncc3)[nH]c3cnc(OCCN4CCCCC4)cc32)CC1. The molecule has 3 aromatic heterocycles. The van der Waals surface area contributed by atoms with Crippen LogP contribution in [0.2, 0.25) is 0 Å². The Bertz CT molecular complexity index is 1330. The summed E-state index contributed by atoms with van der Waals surface area (Å²) in [6, 6.07) is 5.48.